The number of hydrogen-bond acceptors (Lipinski definition) is 3. The summed E-state index contributed by atoms with van der Waals surface area (Å²) < 4.78 is 0. The summed E-state index contributed by atoms with van der Waals surface area (Å²) in [5.74, 6) is -0.712. The largest absolute Gasteiger partial charge is 0.282 e. The third kappa shape index (κ3) is 2.29. The number of carbonyl (C=O) groups excluding carboxylic acids is 2. The first kappa shape index (κ1) is 9.24. The predicted molar refractivity (Wildman–Crippen MR) is 44.6 cm³/mol. The number of aromatic nitrogens is 2. The smallest absolute Gasteiger partial charge is 0.273 e. The Labute approximate surface area is 74.7 Å². The van der Waals surface area contributed by atoms with Gasteiger partial charge in [0.1, 0.15) is 0 Å². The highest BCUT2D eigenvalue weighted by Gasteiger charge is 2.09. The first-order valence-electron chi connectivity index (χ1n) is 3.68. The van der Waals surface area contributed by atoms with Crippen molar-refractivity contribution in [3.8, 4) is 0 Å². The van der Waals surface area contributed by atoms with Crippen molar-refractivity contribution in [1.82, 2.24) is 21.0 Å². The van der Waals surface area contributed by atoms with Gasteiger partial charge < -0.3 is 0 Å². The van der Waals surface area contributed by atoms with Crippen LogP contribution < -0.4 is 10.9 Å². The molecule has 2 amide bonds. The quantitative estimate of drug-likeness (QED) is 0.511. The zero-order valence-corrected chi connectivity index (χ0v) is 7.34. The molecule has 0 aromatic carbocycles. The molecule has 0 bridgehead atoms. The molecule has 6 heteroatoms. The number of rotatable bonds is 1. The standard InChI is InChI=1S/C7H10N4O2/c1-4-6(3-8-9-4)7(13)11-10-5(2)12/h3H,1-2H3,(H,8,9)(H,10,12)(H,11,13). The molecule has 70 valence electrons. The van der Waals surface area contributed by atoms with Crippen LogP contribution >= 0.6 is 0 Å². The molecule has 1 aromatic heterocycles. The van der Waals surface area contributed by atoms with Crippen LogP contribution in [0.1, 0.15) is 23.0 Å². The Balaban J connectivity index is 2.59. The van der Waals surface area contributed by atoms with E-state index in [4.69, 9.17) is 0 Å². The van der Waals surface area contributed by atoms with Crippen LogP contribution in [0.4, 0.5) is 0 Å². The summed E-state index contributed by atoms with van der Waals surface area (Å²) in [6, 6.07) is 0. The number of aryl methyl sites for hydroxylation is 1. The molecule has 0 spiro atoms. The molecule has 1 aromatic rings. The Bertz CT molecular complexity index is 331. The molecule has 1 heterocycles. The molecule has 13 heavy (non-hydrogen) atoms. The second kappa shape index (κ2) is 3.70. The van der Waals surface area contributed by atoms with Crippen LogP contribution in [0, 0.1) is 6.92 Å². The van der Waals surface area contributed by atoms with Crippen molar-refractivity contribution < 1.29 is 9.59 Å². The lowest BCUT2D eigenvalue weighted by molar-refractivity contribution is -0.119. The van der Waals surface area contributed by atoms with E-state index < -0.39 is 0 Å². The molecule has 0 fully saturated rings. The highest BCUT2D eigenvalue weighted by atomic mass is 16.2. The number of aromatic amines is 1. The predicted octanol–water partition coefficient (Wildman–Crippen LogP) is -0.501. The van der Waals surface area contributed by atoms with Crippen LogP contribution in [-0.2, 0) is 4.79 Å². The van der Waals surface area contributed by atoms with Gasteiger partial charge in [0.25, 0.3) is 5.91 Å². The average Bonchev–Trinajstić information content (AvgIpc) is 2.47. The number of hydrogen-bond donors (Lipinski definition) is 3. The number of hydrazine groups is 1. The minimum atomic E-state index is -0.388. The maximum absolute atomic E-state index is 11.2. The summed E-state index contributed by atoms with van der Waals surface area (Å²) in [5.41, 5.74) is 5.47. The molecule has 0 aliphatic rings. The fraction of sp³-hybridized carbons (Fsp3) is 0.286. The van der Waals surface area contributed by atoms with Crippen LogP contribution in [0.25, 0.3) is 0 Å². The van der Waals surface area contributed by atoms with Crippen LogP contribution in [0.3, 0.4) is 0 Å². The monoisotopic (exact) mass is 182 g/mol. The summed E-state index contributed by atoms with van der Waals surface area (Å²) >= 11 is 0. The van der Waals surface area contributed by atoms with Gasteiger partial charge in [0.2, 0.25) is 5.91 Å². The van der Waals surface area contributed by atoms with Crippen molar-refractivity contribution >= 4 is 11.8 Å². The molecule has 0 radical (unpaired) electrons. The molecule has 0 saturated heterocycles. The lowest BCUT2D eigenvalue weighted by atomic mass is 10.2. The summed E-state index contributed by atoms with van der Waals surface area (Å²) in [4.78, 5) is 21.7. The van der Waals surface area contributed by atoms with Crippen LogP contribution in [-0.4, -0.2) is 22.0 Å². The van der Waals surface area contributed by atoms with Gasteiger partial charge in [0.05, 0.1) is 11.8 Å². The van der Waals surface area contributed by atoms with E-state index >= 15 is 0 Å². The Morgan fingerprint density at radius 2 is 2.15 bits per heavy atom. The highest BCUT2D eigenvalue weighted by Crippen LogP contribution is 2.00. The van der Waals surface area contributed by atoms with Gasteiger partial charge in [-0.3, -0.25) is 25.5 Å². The molecule has 0 atom stereocenters. The highest BCUT2D eigenvalue weighted by molar-refractivity contribution is 5.95. The summed E-state index contributed by atoms with van der Waals surface area (Å²) in [7, 11) is 0. The minimum Gasteiger partial charge on any atom is -0.282 e. The molecular weight excluding hydrogens is 172 g/mol. The van der Waals surface area contributed by atoms with E-state index in [1.54, 1.807) is 6.92 Å². The topological polar surface area (TPSA) is 86.9 Å². The molecular formula is C7H10N4O2. The van der Waals surface area contributed by atoms with Crippen molar-refractivity contribution in [2.75, 3.05) is 0 Å². The van der Waals surface area contributed by atoms with Crippen LogP contribution in [0.5, 0.6) is 0 Å². The number of H-pyrrole nitrogens is 1. The van der Waals surface area contributed by atoms with Gasteiger partial charge in [0.15, 0.2) is 0 Å². The van der Waals surface area contributed by atoms with E-state index in [9.17, 15) is 9.59 Å². The van der Waals surface area contributed by atoms with E-state index in [1.165, 1.54) is 13.1 Å². The van der Waals surface area contributed by atoms with E-state index in [0.29, 0.717) is 11.3 Å². The maximum Gasteiger partial charge on any atom is 0.273 e. The van der Waals surface area contributed by atoms with Gasteiger partial charge >= 0.3 is 0 Å². The number of nitrogens with one attached hydrogen (secondary N) is 3. The zero-order valence-electron chi connectivity index (χ0n) is 7.34. The van der Waals surface area contributed by atoms with Crippen molar-refractivity contribution in [3.05, 3.63) is 17.5 Å². The SMILES string of the molecule is CC(=O)NNC(=O)c1cn[nH]c1C. The van der Waals surface area contributed by atoms with Gasteiger partial charge in [-0.2, -0.15) is 5.10 Å². The summed E-state index contributed by atoms with van der Waals surface area (Å²) in [6.45, 7) is 3.03. The van der Waals surface area contributed by atoms with E-state index in [2.05, 4.69) is 21.0 Å². The first-order chi connectivity index (χ1) is 6.11. The van der Waals surface area contributed by atoms with Crippen LogP contribution in [0.15, 0.2) is 6.20 Å². The van der Waals surface area contributed by atoms with Crippen molar-refractivity contribution in [1.29, 1.82) is 0 Å². The van der Waals surface area contributed by atoms with E-state index in [1.807, 2.05) is 0 Å². The average molecular weight is 182 g/mol. The first-order valence-corrected chi connectivity index (χ1v) is 3.68. The van der Waals surface area contributed by atoms with Crippen molar-refractivity contribution in [2.45, 2.75) is 13.8 Å². The third-order valence-corrected chi connectivity index (χ3v) is 1.43. The Morgan fingerprint density at radius 1 is 1.46 bits per heavy atom. The second-order valence-electron chi connectivity index (χ2n) is 2.54. The normalized spacial score (nSPS) is 9.38. The fourth-order valence-corrected chi connectivity index (χ4v) is 0.792. The Morgan fingerprint density at radius 3 is 2.62 bits per heavy atom. The van der Waals surface area contributed by atoms with Crippen molar-refractivity contribution in [2.24, 2.45) is 0 Å². The van der Waals surface area contributed by atoms with E-state index in [-0.39, 0.29) is 11.8 Å². The third-order valence-electron chi connectivity index (χ3n) is 1.43. The Hall–Kier alpha value is -1.85. The van der Waals surface area contributed by atoms with Gasteiger partial charge in [-0.1, -0.05) is 0 Å². The molecule has 0 unspecified atom stereocenters. The lowest BCUT2D eigenvalue weighted by Crippen LogP contribution is -2.40. The van der Waals surface area contributed by atoms with Gasteiger partial charge in [-0.25, -0.2) is 0 Å². The molecule has 0 aliphatic carbocycles. The number of amides is 2. The number of carbonyl (C=O) groups is 2. The Kier molecular flexibility index (Phi) is 2.63. The summed E-state index contributed by atoms with van der Waals surface area (Å²) in [5, 5.41) is 6.28. The molecule has 6 nitrogen and oxygen atoms in total. The van der Waals surface area contributed by atoms with Crippen molar-refractivity contribution in [3.63, 3.8) is 0 Å². The molecule has 3 N–H and O–H groups in total. The maximum atomic E-state index is 11.2. The molecule has 1 rings (SSSR count). The lowest BCUT2D eigenvalue weighted by Gasteiger charge is -2.02. The van der Waals surface area contributed by atoms with Gasteiger partial charge in [-0.15, -0.1) is 0 Å². The molecule has 0 saturated carbocycles. The van der Waals surface area contributed by atoms with E-state index in [0.717, 1.165) is 0 Å². The number of nitrogens with zero attached hydrogens (tertiary/aromatic N) is 1. The minimum absolute atomic E-state index is 0.325. The summed E-state index contributed by atoms with van der Waals surface area (Å²) in [6.07, 6.45) is 1.40. The van der Waals surface area contributed by atoms with Crippen LogP contribution in [0.2, 0.25) is 0 Å². The van der Waals surface area contributed by atoms with Gasteiger partial charge in [0, 0.05) is 12.6 Å². The van der Waals surface area contributed by atoms with Gasteiger partial charge in [-0.05, 0) is 6.92 Å². The zero-order chi connectivity index (χ0) is 9.84. The second-order valence-corrected chi connectivity index (χ2v) is 2.54. The fourth-order valence-electron chi connectivity index (χ4n) is 0.792. The molecule has 0 aliphatic heterocycles.